The van der Waals surface area contributed by atoms with Gasteiger partial charge in [-0.3, -0.25) is 9.59 Å². The Labute approximate surface area is 190 Å². The number of hydrogen-bond donors (Lipinski definition) is 0. The Kier molecular flexibility index (Phi) is 6.45. The van der Waals surface area contributed by atoms with Crippen molar-refractivity contribution in [2.75, 3.05) is 20.2 Å². The van der Waals surface area contributed by atoms with E-state index in [-0.39, 0.29) is 48.5 Å². The molecule has 1 saturated heterocycles. The molecule has 0 saturated carbocycles. The molecule has 2 aromatic heterocycles. The highest BCUT2D eigenvalue weighted by molar-refractivity contribution is 5.90. The monoisotopic (exact) mass is 454 g/mol. The van der Waals surface area contributed by atoms with E-state index in [9.17, 15) is 14.4 Å². The second-order valence-corrected chi connectivity index (χ2v) is 8.01. The van der Waals surface area contributed by atoms with E-state index < -0.39 is 11.5 Å². The number of ether oxygens (including phenoxy) is 3. The number of benzene rings is 1. The van der Waals surface area contributed by atoms with Gasteiger partial charge in [-0.1, -0.05) is 30.3 Å². The van der Waals surface area contributed by atoms with Gasteiger partial charge in [0.05, 0.1) is 19.3 Å². The van der Waals surface area contributed by atoms with Crippen LogP contribution < -0.4 is 10.3 Å². The van der Waals surface area contributed by atoms with Crippen molar-refractivity contribution >= 4 is 17.7 Å². The van der Waals surface area contributed by atoms with Crippen molar-refractivity contribution in [2.24, 2.45) is 0 Å². The summed E-state index contributed by atoms with van der Waals surface area (Å²) < 4.78 is 19.0. The number of hydrogen-bond acceptors (Lipinski definition) is 7. The van der Waals surface area contributed by atoms with Gasteiger partial charge in [-0.25, -0.2) is 14.2 Å². The predicted molar refractivity (Wildman–Crippen MR) is 118 cm³/mol. The summed E-state index contributed by atoms with van der Waals surface area (Å²) in [5.74, 6) is -0.987. The van der Waals surface area contributed by atoms with Gasteiger partial charge in [-0.15, -0.1) is 0 Å². The zero-order chi connectivity index (χ0) is 23.5. The molecule has 1 amide bonds. The molecule has 0 spiro atoms. The first-order valence-corrected chi connectivity index (χ1v) is 10.7. The van der Waals surface area contributed by atoms with Crippen LogP contribution in [-0.2, 0) is 27.4 Å². The van der Waals surface area contributed by atoms with Crippen LogP contribution in [0.25, 0.3) is 5.78 Å². The molecule has 10 heteroatoms. The number of carbonyl (C=O) groups excluding carboxylic acids is 2. The summed E-state index contributed by atoms with van der Waals surface area (Å²) in [5.41, 5.74) is 0.0329. The summed E-state index contributed by atoms with van der Waals surface area (Å²) in [7, 11) is 1.20. The molecule has 1 aliphatic heterocycles. The lowest BCUT2D eigenvalue weighted by Gasteiger charge is -2.35. The summed E-state index contributed by atoms with van der Waals surface area (Å²) in [6.07, 6.45) is 2.96. The Morgan fingerprint density at radius 3 is 2.48 bits per heavy atom. The maximum absolute atomic E-state index is 13.1. The van der Waals surface area contributed by atoms with E-state index >= 15 is 0 Å². The van der Waals surface area contributed by atoms with Gasteiger partial charge in [-0.2, -0.15) is 0 Å². The summed E-state index contributed by atoms with van der Waals surface area (Å²) in [6, 6.07) is 9.25. The SMILES string of the molecule is COC(=O)c1nc2n(CC(=O)N3CC(C)OC(C)C3)ccn2c(=O)c1OCc1ccccc1. The molecule has 1 aromatic carbocycles. The van der Waals surface area contributed by atoms with Crippen LogP contribution >= 0.6 is 0 Å². The van der Waals surface area contributed by atoms with Crippen LogP contribution in [0, 0.1) is 0 Å². The molecule has 0 aliphatic carbocycles. The molecule has 4 rings (SSSR count). The van der Waals surface area contributed by atoms with Crippen molar-refractivity contribution in [2.45, 2.75) is 39.2 Å². The number of morpholine rings is 1. The average molecular weight is 454 g/mol. The number of methoxy groups -OCH3 is 1. The van der Waals surface area contributed by atoms with Crippen molar-refractivity contribution in [3.05, 3.63) is 64.3 Å². The number of fused-ring (bicyclic) bond motifs is 1. The maximum Gasteiger partial charge on any atom is 0.360 e. The minimum Gasteiger partial charge on any atom is -0.481 e. The van der Waals surface area contributed by atoms with Gasteiger partial charge in [0.2, 0.25) is 17.4 Å². The topological polar surface area (TPSA) is 104 Å². The van der Waals surface area contributed by atoms with Gasteiger partial charge < -0.3 is 23.7 Å². The van der Waals surface area contributed by atoms with Crippen LogP contribution in [0.1, 0.15) is 29.9 Å². The molecule has 1 aliphatic rings. The molecule has 2 unspecified atom stereocenters. The predicted octanol–water partition coefficient (Wildman–Crippen LogP) is 1.50. The lowest BCUT2D eigenvalue weighted by molar-refractivity contribution is -0.143. The van der Waals surface area contributed by atoms with Crippen molar-refractivity contribution in [3.8, 4) is 5.75 Å². The van der Waals surface area contributed by atoms with Gasteiger partial charge in [-0.05, 0) is 19.4 Å². The Balaban J connectivity index is 1.65. The van der Waals surface area contributed by atoms with E-state index in [1.165, 1.54) is 22.3 Å². The molecular weight excluding hydrogens is 428 g/mol. The molecule has 3 heterocycles. The molecule has 0 bridgehead atoms. The average Bonchev–Trinajstić information content (AvgIpc) is 3.20. The Morgan fingerprint density at radius 2 is 1.82 bits per heavy atom. The first kappa shape index (κ1) is 22.5. The number of rotatable bonds is 6. The fourth-order valence-corrected chi connectivity index (χ4v) is 3.90. The highest BCUT2D eigenvalue weighted by Gasteiger charge is 2.27. The van der Waals surface area contributed by atoms with Gasteiger partial charge >= 0.3 is 11.5 Å². The third-order valence-electron chi connectivity index (χ3n) is 5.39. The summed E-state index contributed by atoms with van der Waals surface area (Å²) in [6.45, 7) is 4.86. The van der Waals surface area contributed by atoms with Crippen molar-refractivity contribution in [1.82, 2.24) is 18.9 Å². The van der Waals surface area contributed by atoms with Crippen molar-refractivity contribution < 1.29 is 23.8 Å². The zero-order valence-electron chi connectivity index (χ0n) is 18.8. The highest BCUT2D eigenvalue weighted by atomic mass is 16.5. The van der Waals surface area contributed by atoms with Gasteiger partial charge in [0.15, 0.2) is 5.69 Å². The van der Waals surface area contributed by atoms with Crippen molar-refractivity contribution in [3.63, 3.8) is 0 Å². The van der Waals surface area contributed by atoms with Crippen LogP contribution in [0.15, 0.2) is 47.5 Å². The Bertz CT molecular complexity index is 1210. The highest BCUT2D eigenvalue weighted by Crippen LogP contribution is 2.17. The van der Waals surface area contributed by atoms with E-state index in [1.807, 2.05) is 44.2 Å². The number of carbonyl (C=O) groups is 2. The van der Waals surface area contributed by atoms with E-state index in [0.29, 0.717) is 13.1 Å². The fourth-order valence-electron chi connectivity index (χ4n) is 3.90. The third kappa shape index (κ3) is 4.75. The number of nitrogens with zero attached hydrogens (tertiary/aromatic N) is 4. The summed E-state index contributed by atoms with van der Waals surface area (Å²) in [5, 5.41) is 0. The molecular formula is C23H26N4O6. The molecule has 0 radical (unpaired) electrons. The maximum atomic E-state index is 13.1. The Morgan fingerprint density at radius 1 is 1.12 bits per heavy atom. The van der Waals surface area contributed by atoms with Crippen LogP contribution in [0.5, 0.6) is 5.75 Å². The quantitative estimate of drug-likeness (QED) is 0.520. The minimum absolute atomic E-state index is 0.0345. The third-order valence-corrected chi connectivity index (χ3v) is 5.39. The number of esters is 1. The molecule has 1 fully saturated rings. The molecule has 174 valence electrons. The van der Waals surface area contributed by atoms with Crippen LogP contribution in [-0.4, -0.2) is 63.1 Å². The number of imidazole rings is 1. The van der Waals surface area contributed by atoms with E-state index in [1.54, 1.807) is 11.1 Å². The van der Waals surface area contributed by atoms with Gasteiger partial charge in [0, 0.05) is 25.5 Å². The number of amides is 1. The van der Waals surface area contributed by atoms with Gasteiger partial charge in [0.1, 0.15) is 13.2 Å². The second-order valence-electron chi connectivity index (χ2n) is 8.01. The summed E-state index contributed by atoms with van der Waals surface area (Å²) in [4.78, 5) is 44.5. The second kappa shape index (κ2) is 9.45. The molecule has 10 nitrogen and oxygen atoms in total. The van der Waals surface area contributed by atoms with Gasteiger partial charge in [0.25, 0.3) is 0 Å². The minimum atomic E-state index is -0.799. The van der Waals surface area contributed by atoms with Crippen molar-refractivity contribution in [1.29, 1.82) is 0 Å². The van der Waals surface area contributed by atoms with E-state index in [2.05, 4.69) is 4.98 Å². The largest absolute Gasteiger partial charge is 0.481 e. The summed E-state index contributed by atoms with van der Waals surface area (Å²) >= 11 is 0. The first-order valence-electron chi connectivity index (χ1n) is 10.7. The molecule has 0 N–H and O–H groups in total. The smallest absolute Gasteiger partial charge is 0.360 e. The van der Waals surface area contributed by atoms with Crippen LogP contribution in [0.2, 0.25) is 0 Å². The molecule has 33 heavy (non-hydrogen) atoms. The van der Waals surface area contributed by atoms with E-state index in [4.69, 9.17) is 14.2 Å². The molecule has 3 aromatic rings. The van der Waals surface area contributed by atoms with E-state index in [0.717, 1.165) is 5.56 Å². The first-order chi connectivity index (χ1) is 15.9. The molecule has 2 atom stereocenters. The lowest BCUT2D eigenvalue weighted by atomic mass is 10.2. The lowest BCUT2D eigenvalue weighted by Crippen LogP contribution is -2.49. The Hall–Kier alpha value is -3.66. The fraction of sp³-hybridized carbons (Fsp3) is 0.391. The van der Waals surface area contributed by atoms with Crippen LogP contribution in [0.4, 0.5) is 0 Å². The van der Waals surface area contributed by atoms with Crippen LogP contribution in [0.3, 0.4) is 0 Å². The normalized spacial score (nSPS) is 18.3. The number of aromatic nitrogens is 3. The standard InChI is InChI=1S/C23H26N4O6/c1-15-11-26(12-16(2)33-15)18(28)13-25-9-10-27-21(29)20(19(22(30)31-3)24-23(25)27)32-14-17-7-5-4-6-8-17/h4-10,15-16H,11-14H2,1-3H3. The zero-order valence-corrected chi connectivity index (χ0v) is 18.8.